The fourth-order valence-electron chi connectivity index (χ4n) is 1.63. The summed E-state index contributed by atoms with van der Waals surface area (Å²) < 4.78 is 21.9. The van der Waals surface area contributed by atoms with E-state index in [-0.39, 0.29) is 0 Å². The van der Waals surface area contributed by atoms with E-state index in [9.17, 15) is 0 Å². The molecule has 0 saturated carbocycles. The van der Waals surface area contributed by atoms with Crippen molar-refractivity contribution in [3.63, 3.8) is 0 Å². The summed E-state index contributed by atoms with van der Waals surface area (Å²) in [6, 6.07) is 0. The molecule has 0 unspecified atom stereocenters. The van der Waals surface area contributed by atoms with Gasteiger partial charge in [-0.05, 0) is 38.6 Å². The predicted octanol–water partition coefficient (Wildman–Crippen LogP) is 2.37. The van der Waals surface area contributed by atoms with Crippen LogP contribution < -0.4 is 5.73 Å². The Labute approximate surface area is 130 Å². The van der Waals surface area contributed by atoms with Crippen molar-refractivity contribution in [2.45, 2.75) is 45.4 Å². The lowest BCUT2D eigenvalue weighted by Gasteiger charge is -2.07. The van der Waals surface area contributed by atoms with Crippen LogP contribution in [-0.2, 0) is 18.9 Å². The summed E-state index contributed by atoms with van der Waals surface area (Å²) in [5.41, 5.74) is 5.37. The van der Waals surface area contributed by atoms with Gasteiger partial charge in [-0.3, -0.25) is 0 Å². The minimum absolute atomic E-state index is 0.696. The lowest BCUT2D eigenvalue weighted by Crippen LogP contribution is -2.08. The van der Waals surface area contributed by atoms with Crippen molar-refractivity contribution in [2.75, 3.05) is 59.4 Å². The first kappa shape index (κ1) is 20.8. The summed E-state index contributed by atoms with van der Waals surface area (Å²) in [5, 5.41) is 0. The van der Waals surface area contributed by atoms with E-state index in [0.29, 0.717) is 6.54 Å². The quantitative estimate of drug-likeness (QED) is 0.394. The van der Waals surface area contributed by atoms with Crippen LogP contribution in [-0.4, -0.2) is 59.4 Å². The van der Waals surface area contributed by atoms with E-state index in [1.165, 1.54) is 6.42 Å². The standard InChI is InChI=1S/C16H35NO4/c1-2-3-9-18-11-5-13-20-15-7-16-21-14-6-12-19-10-4-8-17/h2-17H2,1H3. The monoisotopic (exact) mass is 305 g/mol. The minimum atomic E-state index is 0.696. The second-order valence-corrected chi connectivity index (χ2v) is 5.01. The molecule has 5 heteroatoms. The van der Waals surface area contributed by atoms with Gasteiger partial charge in [0.05, 0.1) is 0 Å². The van der Waals surface area contributed by atoms with E-state index < -0.39 is 0 Å². The van der Waals surface area contributed by atoms with Crippen molar-refractivity contribution in [3.8, 4) is 0 Å². The molecule has 0 fully saturated rings. The third-order valence-electron chi connectivity index (χ3n) is 2.87. The van der Waals surface area contributed by atoms with Crippen molar-refractivity contribution in [3.05, 3.63) is 0 Å². The zero-order valence-corrected chi connectivity index (χ0v) is 13.8. The van der Waals surface area contributed by atoms with Gasteiger partial charge in [-0.2, -0.15) is 0 Å². The number of rotatable bonds is 18. The summed E-state index contributed by atoms with van der Waals surface area (Å²) in [4.78, 5) is 0. The molecule has 0 bridgehead atoms. The van der Waals surface area contributed by atoms with Gasteiger partial charge in [-0.15, -0.1) is 0 Å². The zero-order valence-electron chi connectivity index (χ0n) is 13.8. The lowest BCUT2D eigenvalue weighted by molar-refractivity contribution is 0.0537. The molecule has 0 atom stereocenters. The zero-order chi connectivity index (χ0) is 15.4. The third kappa shape index (κ3) is 19.8. The first-order chi connectivity index (χ1) is 10.4. The van der Waals surface area contributed by atoms with Crippen LogP contribution >= 0.6 is 0 Å². The topological polar surface area (TPSA) is 62.9 Å². The average Bonchev–Trinajstić information content (AvgIpc) is 2.50. The van der Waals surface area contributed by atoms with Crippen LogP contribution in [0.1, 0.15) is 45.4 Å². The van der Waals surface area contributed by atoms with Crippen molar-refractivity contribution in [1.82, 2.24) is 0 Å². The van der Waals surface area contributed by atoms with Crippen molar-refractivity contribution in [2.24, 2.45) is 5.73 Å². The first-order valence-corrected chi connectivity index (χ1v) is 8.42. The third-order valence-corrected chi connectivity index (χ3v) is 2.87. The van der Waals surface area contributed by atoms with Crippen LogP contribution in [0.25, 0.3) is 0 Å². The largest absolute Gasteiger partial charge is 0.381 e. The predicted molar refractivity (Wildman–Crippen MR) is 85.7 cm³/mol. The van der Waals surface area contributed by atoms with Crippen LogP contribution in [0.5, 0.6) is 0 Å². The van der Waals surface area contributed by atoms with E-state index in [1.54, 1.807) is 0 Å². The van der Waals surface area contributed by atoms with Crippen molar-refractivity contribution >= 4 is 0 Å². The normalized spacial score (nSPS) is 11.1. The highest BCUT2D eigenvalue weighted by Gasteiger charge is 1.93. The molecule has 21 heavy (non-hydrogen) atoms. The van der Waals surface area contributed by atoms with Gasteiger partial charge in [0.15, 0.2) is 0 Å². The Hall–Kier alpha value is -0.200. The van der Waals surface area contributed by atoms with Crippen LogP contribution in [0, 0.1) is 0 Å². The number of hydrogen-bond acceptors (Lipinski definition) is 5. The molecule has 0 aromatic heterocycles. The maximum Gasteiger partial charge on any atom is 0.0488 e. The Morgan fingerprint density at radius 3 is 1.19 bits per heavy atom. The summed E-state index contributed by atoms with van der Waals surface area (Å²) in [6.07, 6.45) is 6.14. The molecule has 0 aromatic carbocycles. The molecule has 0 aromatic rings. The van der Waals surface area contributed by atoms with Crippen molar-refractivity contribution < 1.29 is 18.9 Å². The maximum absolute atomic E-state index is 5.52. The molecule has 0 spiro atoms. The van der Waals surface area contributed by atoms with Gasteiger partial charge < -0.3 is 24.7 Å². The average molecular weight is 305 g/mol. The fraction of sp³-hybridized carbons (Fsp3) is 1.00. The Balaban J connectivity index is 2.90. The van der Waals surface area contributed by atoms with Gasteiger partial charge in [-0.25, -0.2) is 0 Å². The van der Waals surface area contributed by atoms with E-state index in [0.717, 1.165) is 85.0 Å². The Kier molecular flexibility index (Phi) is 19.6. The first-order valence-electron chi connectivity index (χ1n) is 8.42. The fourth-order valence-corrected chi connectivity index (χ4v) is 1.63. The molecule has 0 aliphatic heterocycles. The van der Waals surface area contributed by atoms with Crippen LogP contribution in [0.3, 0.4) is 0 Å². The van der Waals surface area contributed by atoms with E-state index in [1.807, 2.05) is 0 Å². The van der Waals surface area contributed by atoms with E-state index in [4.69, 9.17) is 24.7 Å². The van der Waals surface area contributed by atoms with Gasteiger partial charge in [0.25, 0.3) is 0 Å². The number of hydrogen-bond donors (Lipinski definition) is 1. The molecule has 2 N–H and O–H groups in total. The van der Waals surface area contributed by atoms with Gasteiger partial charge in [0.2, 0.25) is 0 Å². The molecule has 0 rings (SSSR count). The molecule has 0 heterocycles. The molecular weight excluding hydrogens is 270 g/mol. The summed E-state index contributed by atoms with van der Waals surface area (Å²) in [6.45, 7) is 9.12. The highest BCUT2D eigenvalue weighted by Crippen LogP contribution is 1.93. The summed E-state index contributed by atoms with van der Waals surface area (Å²) in [5.74, 6) is 0. The number of unbranched alkanes of at least 4 members (excludes halogenated alkanes) is 1. The minimum Gasteiger partial charge on any atom is -0.381 e. The van der Waals surface area contributed by atoms with Gasteiger partial charge in [0, 0.05) is 52.9 Å². The summed E-state index contributed by atoms with van der Waals surface area (Å²) in [7, 11) is 0. The Morgan fingerprint density at radius 2 is 0.857 bits per heavy atom. The molecule has 0 radical (unpaired) electrons. The second kappa shape index (κ2) is 19.8. The lowest BCUT2D eigenvalue weighted by atomic mass is 10.4. The maximum atomic E-state index is 5.52. The molecule has 128 valence electrons. The van der Waals surface area contributed by atoms with Gasteiger partial charge >= 0.3 is 0 Å². The molecule has 5 nitrogen and oxygen atoms in total. The highest BCUT2D eigenvalue weighted by molar-refractivity contribution is 4.41. The summed E-state index contributed by atoms with van der Waals surface area (Å²) >= 11 is 0. The van der Waals surface area contributed by atoms with E-state index in [2.05, 4.69) is 6.92 Å². The molecule has 0 aliphatic rings. The molecule has 0 aliphatic carbocycles. The van der Waals surface area contributed by atoms with Crippen molar-refractivity contribution in [1.29, 1.82) is 0 Å². The van der Waals surface area contributed by atoms with Gasteiger partial charge in [0.1, 0.15) is 0 Å². The van der Waals surface area contributed by atoms with Crippen LogP contribution in [0.2, 0.25) is 0 Å². The highest BCUT2D eigenvalue weighted by atomic mass is 16.5. The number of nitrogens with two attached hydrogens (primary N) is 1. The Bertz CT molecular complexity index is 164. The molecule has 0 amide bonds. The van der Waals surface area contributed by atoms with E-state index >= 15 is 0 Å². The SMILES string of the molecule is CCCCOCCCOCCCOCCCOCCCN. The van der Waals surface area contributed by atoms with Crippen LogP contribution in [0.4, 0.5) is 0 Å². The van der Waals surface area contributed by atoms with Gasteiger partial charge in [-0.1, -0.05) is 13.3 Å². The molecule has 0 saturated heterocycles. The number of ether oxygens (including phenoxy) is 4. The molecular formula is C16H35NO4. The van der Waals surface area contributed by atoms with Crippen LogP contribution in [0.15, 0.2) is 0 Å². The smallest absolute Gasteiger partial charge is 0.0488 e. The Morgan fingerprint density at radius 1 is 0.524 bits per heavy atom. The second-order valence-electron chi connectivity index (χ2n) is 5.01.